The lowest BCUT2D eigenvalue weighted by atomic mass is 10.1. The molecule has 0 bridgehead atoms. The Morgan fingerprint density at radius 3 is 2.81 bits per heavy atom. The standard InChI is InChI=1S/C13H17FN2O4S/c1-20-13(17)11-7-9(14)4-5-12(11)21(18,19)16-6-2-3-10(15)8-16/h4-5,7,10H,2-3,6,8,15H2,1H3. The average Bonchev–Trinajstić information content (AvgIpc) is 2.46. The van der Waals surface area contributed by atoms with Crippen molar-refractivity contribution in [2.24, 2.45) is 5.73 Å². The number of benzene rings is 1. The highest BCUT2D eigenvalue weighted by Gasteiger charge is 2.32. The van der Waals surface area contributed by atoms with Gasteiger partial charge in [0.25, 0.3) is 0 Å². The van der Waals surface area contributed by atoms with Gasteiger partial charge in [-0.3, -0.25) is 0 Å². The molecule has 0 radical (unpaired) electrons. The SMILES string of the molecule is COC(=O)c1cc(F)ccc1S(=O)(=O)N1CCCC(N)C1. The number of sulfonamides is 1. The van der Waals surface area contributed by atoms with E-state index < -0.39 is 21.8 Å². The molecule has 0 aliphatic carbocycles. The number of carbonyl (C=O) groups excluding carboxylic acids is 1. The minimum atomic E-state index is -3.91. The molecule has 0 spiro atoms. The van der Waals surface area contributed by atoms with Gasteiger partial charge in [-0.05, 0) is 31.0 Å². The molecule has 8 heteroatoms. The molecule has 1 aromatic rings. The van der Waals surface area contributed by atoms with Crippen molar-refractivity contribution < 1.29 is 22.3 Å². The predicted octanol–water partition coefficient (Wildman–Crippen LogP) is 0.724. The Morgan fingerprint density at radius 1 is 1.48 bits per heavy atom. The summed E-state index contributed by atoms with van der Waals surface area (Å²) in [7, 11) is -2.80. The van der Waals surface area contributed by atoms with E-state index in [2.05, 4.69) is 4.74 Å². The molecule has 0 amide bonds. The number of nitrogens with two attached hydrogens (primary N) is 1. The highest BCUT2D eigenvalue weighted by Crippen LogP contribution is 2.24. The van der Waals surface area contributed by atoms with Gasteiger partial charge in [-0.15, -0.1) is 0 Å². The van der Waals surface area contributed by atoms with Gasteiger partial charge >= 0.3 is 5.97 Å². The van der Waals surface area contributed by atoms with Gasteiger partial charge in [-0.25, -0.2) is 17.6 Å². The molecule has 1 atom stereocenters. The predicted molar refractivity (Wildman–Crippen MR) is 73.7 cm³/mol. The molecule has 1 aliphatic rings. The lowest BCUT2D eigenvalue weighted by Crippen LogP contribution is -2.45. The Labute approximate surface area is 122 Å². The van der Waals surface area contributed by atoms with E-state index >= 15 is 0 Å². The quantitative estimate of drug-likeness (QED) is 0.830. The molecule has 2 rings (SSSR count). The number of carbonyl (C=O) groups is 1. The van der Waals surface area contributed by atoms with Crippen molar-refractivity contribution in [1.29, 1.82) is 0 Å². The van der Waals surface area contributed by atoms with Gasteiger partial charge < -0.3 is 10.5 Å². The zero-order valence-electron chi connectivity index (χ0n) is 11.6. The first kappa shape index (κ1) is 15.9. The third kappa shape index (κ3) is 3.22. The smallest absolute Gasteiger partial charge is 0.339 e. The second kappa shape index (κ2) is 6.08. The molecule has 1 aromatic carbocycles. The van der Waals surface area contributed by atoms with Crippen molar-refractivity contribution in [3.63, 3.8) is 0 Å². The van der Waals surface area contributed by atoms with Gasteiger partial charge in [0.1, 0.15) is 5.82 Å². The normalized spacial score (nSPS) is 20.2. The van der Waals surface area contributed by atoms with E-state index in [1.165, 1.54) is 4.31 Å². The highest BCUT2D eigenvalue weighted by molar-refractivity contribution is 7.89. The first-order chi connectivity index (χ1) is 9.86. The van der Waals surface area contributed by atoms with Crippen LogP contribution in [0.15, 0.2) is 23.1 Å². The molecular weight excluding hydrogens is 299 g/mol. The summed E-state index contributed by atoms with van der Waals surface area (Å²) < 4.78 is 44.3. The first-order valence-corrected chi connectivity index (χ1v) is 7.94. The van der Waals surface area contributed by atoms with E-state index in [4.69, 9.17) is 5.73 Å². The number of piperidine rings is 1. The third-order valence-corrected chi connectivity index (χ3v) is 5.31. The number of methoxy groups -OCH3 is 1. The lowest BCUT2D eigenvalue weighted by molar-refractivity contribution is 0.0595. The Hall–Kier alpha value is -1.51. The second-order valence-corrected chi connectivity index (χ2v) is 6.80. The van der Waals surface area contributed by atoms with Crippen LogP contribution in [0.5, 0.6) is 0 Å². The van der Waals surface area contributed by atoms with Gasteiger partial charge in [0, 0.05) is 19.1 Å². The molecule has 21 heavy (non-hydrogen) atoms. The van der Waals surface area contributed by atoms with Crippen LogP contribution in [0.4, 0.5) is 4.39 Å². The fraction of sp³-hybridized carbons (Fsp3) is 0.462. The molecule has 6 nitrogen and oxygen atoms in total. The van der Waals surface area contributed by atoms with Crippen LogP contribution in [0.1, 0.15) is 23.2 Å². The summed E-state index contributed by atoms with van der Waals surface area (Å²) in [4.78, 5) is 11.4. The first-order valence-electron chi connectivity index (χ1n) is 6.50. The van der Waals surface area contributed by atoms with Crippen LogP contribution >= 0.6 is 0 Å². The monoisotopic (exact) mass is 316 g/mol. The van der Waals surface area contributed by atoms with Crippen molar-refractivity contribution >= 4 is 16.0 Å². The Bertz CT molecular complexity index is 648. The molecule has 1 unspecified atom stereocenters. The molecule has 1 aliphatic heterocycles. The number of esters is 1. The molecule has 1 heterocycles. The molecule has 1 saturated heterocycles. The van der Waals surface area contributed by atoms with E-state index in [0.29, 0.717) is 13.0 Å². The Balaban J connectivity index is 2.47. The van der Waals surface area contributed by atoms with E-state index in [-0.39, 0.29) is 23.0 Å². The van der Waals surface area contributed by atoms with Gasteiger partial charge in [0.2, 0.25) is 10.0 Å². The molecule has 2 N–H and O–H groups in total. The summed E-state index contributed by atoms with van der Waals surface area (Å²) in [6.07, 6.45) is 1.40. The van der Waals surface area contributed by atoms with Crippen LogP contribution in [-0.2, 0) is 14.8 Å². The molecule has 116 valence electrons. The summed E-state index contributed by atoms with van der Waals surface area (Å²) >= 11 is 0. The van der Waals surface area contributed by atoms with Crippen molar-refractivity contribution in [2.75, 3.05) is 20.2 Å². The van der Waals surface area contributed by atoms with Gasteiger partial charge in [-0.2, -0.15) is 4.31 Å². The van der Waals surface area contributed by atoms with Crippen LogP contribution in [0, 0.1) is 5.82 Å². The third-order valence-electron chi connectivity index (χ3n) is 3.39. The van der Waals surface area contributed by atoms with Crippen molar-refractivity contribution in [2.45, 2.75) is 23.8 Å². The molecule has 0 aromatic heterocycles. The Kier molecular flexibility index (Phi) is 4.60. The lowest BCUT2D eigenvalue weighted by Gasteiger charge is -2.30. The van der Waals surface area contributed by atoms with Gasteiger partial charge in [0.05, 0.1) is 17.6 Å². The molecule has 0 saturated carbocycles. The maximum Gasteiger partial charge on any atom is 0.339 e. The Morgan fingerprint density at radius 2 is 2.19 bits per heavy atom. The summed E-state index contributed by atoms with van der Waals surface area (Å²) in [6.45, 7) is 0.508. The fourth-order valence-corrected chi connectivity index (χ4v) is 4.02. The zero-order chi connectivity index (χ0) is 15.6. The van der Waals surface area contributed by atoms with Crippen molar-refractivity contribution in [3.8, 4) is 0 Å². The average molecular weight is 316 g/mol. The van der Waals surface area contributed by atoms with E-state index in [1.807, 2.05) is 0 Å². The molecule has 1 fully saturated rings. The van der Waals surface area contributed by atoms with Crippen LogP contribution in [0.25, 0.3) is 0 Å². The van der Waals surface area contributed by atoms with E-state index in [0.717, 1.165) is 31.7 Å². The van der Waals surface area contributed by atoms with Crippen molar-refractivity contribution in [1.82, 2.24) is 4.31 Å². The van der Waals surface area contributed by atoms with Crippen LogP contribution < -0.4 is 5.73 Å². The number of hydrogen-bond acceptors (Lipinski definition) is 5. The highest BCUT2D eigenvalue weighted by atomic mass is 32.2. The van der Waals surface area contributed by atoms with Gasteiger partial charge in [-0.1, -0.05) is 0 Å². The zero-order valence-corrected chi connectivity index (χ0v) is 12.4. The maximum atomic E-state index is 13.3. The molecular formula is C13H17FN2O4S. The van der Waals surface area contributed by atoms with Crippen molar-refractivity contribution in [3.05, 3.63) is 29.6 Å². The number of nitrogens with zero attached hydrogens (tertiary/aromatic N) is 1. The minimum Gasteiger partial charge on any atom is -0.465 e. The van der Waals surface area contributed by atoms with E-state index in [1.54, 1.807) is 0 Å². The van der Waals surface area contributed by atoms with Crippen LogP contribution in [0.2, 0.25) is 0 Å². The second-order valence-electron chi connectivity index (χ2n) is 4.90. The summed E-state index contributed by atoms with van der Waals surface area (Å²) in [5, 5.41) is 0. The van der Waals surface area contributed by atoms with Gasteiger partial charge in [0.15, 0.2) is 0 Å². The number of rotatable bonds is 3. The van der Waals surface area contributed by atoms with Crippen LogP contribution in [0.3, 0.4) is 0 Å². The maximum absolute atomic E-state index is 13.3. The minimum absolute atomic E-state index is 0.181. The topological polar surface area (TPSA) is 89.7 Å². The summed E-state index contributed by atoms with van der Waals surface area (Å²) in [5.74, 6) is -1.60. The summed E-state index contributed by atoms with van der Waals surface area (Å²) in [6, 6.07) is 2.71. The van der Waals surface area contributed by atoms with E-state index in [9.17, 15) is 17.6 Å². The fourth-order valence-electron chi connectivity index (χ4n) is 2.33. The number of ether oxygens (including phenoxy) is 1. The number of halogens is 1. The van der Waals surface area contributed by atoms with Crippen LogP contribution in [-0.4, -0.2) is 44.9 Å². The largest absolute Gasteiger partial charge is 0.465 e. The summed E-state index contributed by atoms with van der Waals surface area (Å²) in [5.41, 5.74) is 5.48. The number of hydrogen-bond donors (Lipinski definition) is 1.